The lowest BCUT2D eigenvalue weighted by molar-refractivity contribution is -0.136. The fourth-order valence-corrected chi connectivity index (χ4v) is 2.41. The lowest BCUT2D eigenvalue weighted by atomic mass is 10.0. The molecule has 0 aliphatic carbocycles. The number of fused-ring (bicyclic) bond motifs is 1. The Morgan fingerprint density at radius 1 is 1.33 bits per heavy atom. The molecule has 0 unspecified atom stereocenters. The maximum absolute atomic E-state index is 10.6. The molecule has 2 rings (SSSR count). The number of benzene rings is 1. The van der Waals surface area contributed by atoms with E-state index in [1.54, 1.807) is 18.2 Å². The highest BCUT2D eigenvalue weighted by molar-refractivity contribution is 6.36. The summed E-state index contributed by atoms with van der Waals surface area (Å²) in [6, 6.07) is 5.26. The third-order valence-corrected chi connectivity index (χ3v) is 3.17. The molecule has 0 amide bonds. The van der Waals surface area contributed by atoms with Gasteiger partial charge in [0.2, 0.25) is 0 Å². The Kier molecular flexibility index (Phi) is 3.73. The summed E-state index contributed by atoms with van der Waals surface area (Å²) in [6.07, 6.45) is 0.432. The Balaban J connectivity index is 2.60. The summed E-state index contributed by atoms with van der Waals surface area (Å²) in [6.45, 7) is 1.85. The number of halogens is 2. The van der Waals surface area contributed by atoms with E-state index < -0.39 is 5.97 Å². The summed E-state index contributed by atoms with van der Waals surface area (Å²) < 4.78 is 0. The number of aryl methyl sites for hydroxylation is 2. The Morgan fingerprint density at radius 3 is 2.72 bits per heavy atom. The van der Waals surface area contributed by atoms with Gasteiger partial charge in [-0.3, -0.25) is 9.78 Å². The summed E-state index contributed by atoms with van der Waals surface area (Å²) in [5.41, 5.74) is 2.34. The van der Waals surface area contributed by atoms with Crippen LogP contribution in [0.25, 0.3) is 10.9 Å². The van der Waals surface area contributed by atoms with E-state index in [1.165, 1.54) is 0 Å². The van der Waals surface area contributed by atoms with Crippen LogP contribution in [0.5, 0.6) is 0 Å². The zero-order chi connectivity index (χ0) is 13.3. The van der Waals surface area contributed by atoms with Crippen molar-refractivity contribution in [3.63, 3.8) is 0 Å². The van der Waals surface area contributed by atoms with Crippen LogP contribution < -0.4 is 0 Å². The van der Waals surface area contributed by atoms with Gasteiger partial charge in [0.05, 0.1) is 10.5 Å². The van der Waals surface area contributed by atoms with Crippen molar-refractivity contribution >= 4 is 40.1 Å². The largest absolute Gasteiger partial charge is 0.481 e. The van der Waals surface area contributed by atoms with Crippen LogP contribution in [0.3, 0.4) is 0 Å². The molecule has 1 aromatic heterocycles. The molecule has 0 aliphatic heterocycles. The molecule has 0 aliphatic rings. The number of carbonyl (C=O) groups is 1. The normalized spacial score (nSPS) is 10.8. The van der Waals surface area contributed by atoms with E-state index >= 15 is 0 Å². The molecular weight excluding hydrogens is 273 g/mol. The molecule has 5 heteroatoms. The standard InChI is InChI=1S/C13H11Cl2NO2/c1-7-4-11(15)10-6-9(14)5-8(13(10)16-7)2-3-12(17)18/h4-6H,2-3H2,1H3,(H,17,18). The predicted molar refractivity (Wildman–Crippen MR) is 72.5 cm³/mol. The van der Waals surface area contributed by atoms with Crippen LogP contribution in [-0.2, 0) is 11.2 Å². The van der Waals surface area contributed by atoms with E-state index in [0.717, 1.165) is 22.2 Å². The van der Waals surface area contributed by atoms with Gasteiger partial charge >= 0.3 is 5.97 Å². The van der Waals surface area contributed by atoms with Crippen LogP contribution in [-0.4, -0.2) is 16.1 Å². The molecule has 0 bridgehead atoms. The van der Waals surface area contributed by atoms with Gasteiger partial charge in [-0.15, -0.1) is 0 Å². The van der Waals surface area contributed by atoms with Crippen molar-refractivity contribution in [1.82, 2.24) is 4.98 Å². The van der Waals surface area contributed by atoms with E-state index in [1.807, 2.05) is 6.92 Å². The number of hydrogen-bond acceptors (Lipinski definition) is 2. The minimum Gasteiger partial charge on any atom is -0.481 e. The second kappa shape index (κ2) is 5.12. The first-order chi connectivity index (χ1) is 8.47. The highest BCUT2D eigenvalue weighted by atomic mass is 35.5. The molecule has 1 N–H and O–H groups in total. The van der Waals surface area contributed by atoms with Crippen LogP contribution in [0.4, 0.5) is 0 Å². The number of carboxylic acid groups (broad SMARTS) is 1. The van der Waals surface area contributed by atoms with Crippen LogP contribution in [0.15, 0.2) is 18.2 Å². The van der Waals surface area contributed by atoms with E-state index in [0.29, 0.717) is 16.5 Å². The summed E-state index contributed by atoms with van der Waals surface area (Å²) in [4.78, 5) is 15.1. The van der Waals surface area contributed by atoms with Crippen molar-refractivity contribution in [2.24, 2.45) is 0 Å². The van der Waals surface area contributed by atoms with Crippen molar-refractivity contribution in [1.29, 1.82) is 0 Å². The monoisotopic (exact) mass is 283 g/mol. The van der Waals surface area contributed by atoms with Crippen LogP contribution in [0.1, 0.15) is 17.7 Å². The third kappa shape index (κ3) is 2.74. The molecule has 94 valence electrons. The molecular formula is C13H11Cl2NO2. The van der Waals surface area contributed by atoms with Gasteiger partial charge in [0.25, 0.3) is 0 Å². The van der Waals surface area contributed by atoms with Gasteiger partial charge < -0.3 is 5.11 Å². The van der Waals surface area contributed by atoms with Gasteiger partial charge in [0, 0.05) is 22.5 Å². The summed E-state index contributed by atoms with van der Waals surface area (Å²) in [5.74, 6) is -0.845. The zero-order valence-electron chi connectivity index (χ0n) is 9.70. The Morgan fingerprint density at radius 2 is 2.06 bits per heavy atom. The molecule has 1 aromatic carbocycles. The highest BCUT2D eigenvalue weighted by Crippen LogP contribution is 2.29. The lowest BCUT2D eigenvalue weighted by Gasteiger charge is -2.08. The molecule has 1 heterocycles. The fraction of sp³-hybridized carbons (Fsp3) is 0.231. The topological polar surface area (TPSA) is 50.2 Å². The smallest absolute Gasteiger partial charge is 0.303 e. The molecule has 0 atom stereocenters. The van der Waals surface area contributed by atoms with Crippen molar-refractivity contribution in [3.05, 3.63) is 39.5 Å². The lowest BCUT2D eigenvalue weighted by Crippen LogP contribution is -1.99. The number of hydrogen-bond donors (Lipinski definition) is 1. The van der Waals surface area contributed by atoms with Crippen molar-refractivity contribution in [2.45, 2.75) is 19.8 Å². The van der Waals surface area contributed by atoms with Gasteiger partial charge in [0.1, 0.15) is 0 Å². The van der Waals surface area contributed by atoms with E-state index in [-0.39, 0.29) is 6.42 Å². The Labute approximate surface area is 114 Å². The van der Waals surface area contributed by atoms with Crippen LogP contribution in [0.2, 0.25) is 10.0 Å². The molecule has 0 spiro atoms. The van der Waals surface area contributed by atoms with E-state index in [9.17, 15) is 4.79 Å². The number of rotatable bonds is 3. The summed E-state index contributed by atoms with van der Waals surface area (Å²) in [7, 11) is 0. The second-order valence-electron chi connectivity index (χ2n) is 4.10. The number of nitrogens with zero attached hydrogens (tertiary/aromatic N) is 1. The maximum Gasteiger partial charge on any atom is 0.303 e. The molecule has 3 nitrogen and oxygen atoms in total. The number of carboxylic acids is 1. The second-order valence-corrected chi connectivity index (χ2v) is 4.94. The van der Waals surface area contributed by atoms with Gasteiger partial charge in [0.15, 0.2) is 0 Å². The molecule has 0 saturated heterocycles. The van der Waals surface area contributed by atoms with Gasteiger partial charge in [-0.2, -0.15) is 0 Å². The Hall–Kier alpha value is -1.32. The van der Waals surface area contributed by atoms with Gasteiger partial charge in [-0.25, -0.2) is 0 Å². The number of aliphatic carboxylic acids is 1. The molecule has 18 heavy (non-hydrogen) atoms. The SMILES string of the molecule is Cc1cc(Cl)c2cc(Cl)cc(CCC(=O)O)c2n1. The van der Waals surface area contributed by atoms with Crippen molar-refractivity contribution < 1.29 is 9.90 Å². The maximum atomic E-state index is 10.6. The summed E-state index contributed by atoms with van der Waals surface area (Å²) in [5, 5.41) is 10.6. The van der Waals surface area contributed by atoms with E-state index in [2.05, 4.69) is 4.98 Å². The fourth-order valence-electron chi connectivity index (χ4n) is 1.87. The average molecular weight is 284 g/mol. The van der Waals surface area contributed by atoms with Crippen molar-refractivity contribution in [2.75, 3.05) is 0 Å². The summed E-state index contributed by atoms with van der Waals surface area (Å²) >= 11 is 12.2. The zero-order valence-corrected chi connectivity index (χ0v) is 11.2. The Bertz CT molecular complexity index is 626. The quantitative estimate of drug-likeness (QED) is 0.930. The molecule has 0 radical (unpaired) electrons. The van der Waals surface area contributed by atoms with E-state index in [4.69, 9.17) is 28.3 Å². The number of aromatic nitrogens is 1. The average Bonchev–Trinajstić information content (AvgIpc) is 2.27. The first-order valence-corrected chi connectivity index (χ1v) is 6.20. The third-order valence-electron chi connectivity index (χ3n) is 2.64. The molecule has 0 fully saturated rings. The van der Waals surface area contributed by atoms with Gasteiger partial charge in [-0.1, -0.05) is 23.2 Å². The van der Waals surface area contributed by atoms with Crippen LogP contribution in [0, 0.1) is 6.92 Å². The van der Waals surface area contributed by atoms with Crippen LogP contribution >= 0.6 is 23.2 Å². The minimum absolute atomic E-state index is 0.0443. The number of pyridine rings is 1. The van der Waals surface area contributed by atoms with Gasteiger partial charge in [-0.05, 0) is 37.1 Å². The first-order valence-electron chi connectivity index (χ1n) is 5.44. The molecule has 0 saturated carbocycles. The highest BCUT2D eigenvalue weighted by Gasteiger charge is 2.10. The minimum atomic E-state index is -0.845. The van der Waals surface area contributed by atoms with Crippen molar-refractivity contribution in [3.8, 4) is 0 Å². The molecule has 2 aromatic rings. The predicted octanol–water partition coefficient (Wildman–Crippen LogP) is 3.87. The first kappa shape index (κ1) is 13.1.